The smallest absolute Gasteiger partial charge is 0.252 e. The van der Waals surface area contributed by atoms with Gasteiger partial charge in [0.15, 0.2) is 0 Å². The molecule has 0 saturated carbocycles. The number of aliphatic imine (C=N–C) groups is 1. The lowest BCUT2D eigenvalue weighted by atomic mass is 10.0. The van der Waals surface area contributed by atoms with Gasteiger partial charge in [-0.1, -0.05) is 60.7 Å². The van der Waals surface area contributed by atoms with E-state index < -0.39 is 0 Å². The molecule has 6 nitrogen and oxygen atoms in total. The van der Waals surface area contributed by atoms with Crippen molar-refractivity contribution in [1.82, 2.24) is 10.3 Å². The van der Waals surface area contributed by atoms with Crippen LogP contribution in [0.3, 0.4) is 0 Å². The quantitative estimate of drug-likeness (QED) is 0.409. The van der Waals surface area contributed by atoms with Gasteiger partial charge in [0.1, 0.15) is 0 Å². The zero-order valence-electron chi connectivity index (χ0n) is 17.8. The Balaban J connectivity index is 1.57. The largest absolute Gasteiger partial charge is 0.354 e. The van der Waals surface area contributed by atoms with Crippen molar-refractivity contribution in [3.8, 4) is 11.3 Å². The molecule has 2 amide bonds. The molecule has 0 saturated heterocycles. The van der Waals surface area contributed by atoms with Gasteiger partial charge in [-0.05, 0) is 29.3 Å². The van der Waals surface area contributed by atoms with Crippen molar-refractivity contribution >= 4 is 40.7 Å². The van der Waals surface area contributed by atoms with E-state index in [2.05, 4.69) is 20.6 Å². The van der Waals surface area contributed by atoms with Gasteiger partial charge < -0.3 is 15.6 Å². The van der Waals surface area contributed by atoms with Crippen LogP contribution in [0.4, 0.5) is 5.69 Å². The predicted octanol–water partition coefficient (Wildman–Crippen LogP) is 4.65. The summed E-state index contributed by atoms with van der Waals surface area (Å²) >= 11 is 0. The molecule has 6 heteroatoms. The molecule has 0 atom stereocenters. The molecule has 1 aliphatic rings. The molecule has 0 radical (unpaired) electrons. The number of hydrogen-bond donors (Lipinski definition) is 3. The SMILES string of the molecule is O=C(/C=C/c1ccccc1)Nc1cc2c3c(c(-c4ccccc4)[nH]c3c1)C=NCCNC2=O. The molecule has 5 rings (SSSR count). The van der Waals surface area contributed by atoms with Gasteiger partial charge in [-0.2, -0.15) is 0 Å². The molecule has 2 heterocycles. The highest BCUT2D eigenvalue weighted by Crippen LogP contribution is 2.34. The summed E-state index contributed by atoms with van der Waals surface area (Å²) in [6, 6.07) is 23.1. The Hall–Kier alpha value is -4.45. The molecule has 4 aromatic rings. The first-order valence-electron chi connectivity index (χ1n) is 10.8. The highest BCUT2D eigenvalue weighted by atomic mass is 16.2. The molecule has 0 spiro atoms. The van der Waals surface area contributed by atoms with Gasteiger partial charge >= 0.3 is 0 Å². The van der Waals surface area contributed by atoms with Gasteiger partial charge in [-0.25, -0.2) is 0 Å². The van der Waals surface area contributed by atoms with Gasteiger partial charge in [0.2, 0.25) is 5.91 Å². The predicted molar refractivity (Wildman–Crippen MR) is 133 cm³/mol. The van der Waals surface area contributed by atoms with E-state index in [-0.39, 0.29) is 11.8 Å². The third kappa shape index (κ3) is 4.32. The van der Waals surface area contributed by atoms with Crippen LogP contribution < -0.4 is 10.6 Å². The number of aromatic nitrogens is 1. The van der Waals surface area contributed by atoms with Gasteiger partial charge in [-0.3, -0.25) is 14.6 Å². The first-order valence-corrected chi connectivity index (χ1v) is 10.8. The van der Waals surface area contributed by atoms with E-state index in [1.165, 1.54) is 6.08 Å². The number of carbonyl (C=O) groups is 2. The van der Waals surface area contributed by atoms with Crippen molar-refractivity contribution in [2.45, 2.75) is 0 Å². The van der Waals surface area contributed by atoms with Gasteiger partial charge in [0.05, 0.1) is 17.8 Å². The van der Waals surface area contributed by atoms with E-state index in [1.54, 1.807) is 12.1 Å². The maximum atomic E-state index is 13.0. The van der Waals surface area contributed by atoms with Crippen molar-refractivity contribution < 1.29 is 9.59 Å². The second-order valence-corrected chi connectivity index (χ2v) is 7.75. The van der Waals surface area contributed by atoms with Gasteiger partial charge in [-0.15, -0.1) is 0 Å². The van der Waals surface area contributed by atoms with E-state index in [0.29, 0.717) is 24.3 Å². The number of H-pyrrole nitrogens is 1. The number of nitrogens with zero attached hydrogens (tertiary/aromatic N) is 1. The Morgan fingerprint density at radius 3 is 2.55 bits per heavy atom. The number of hydrogen-bond acceptors (Lipinski definition) is 3. The van der Waals surface area contributed by atoms with Crippen molar-refractivity contribution in [3.63, 3.8) is 0 Å². The Morgan fingerprint density at radius 1 is 1.00 bits per heavy atom. The van der Waals surface area contributed by atoms with Crippen LogP contribution in [0.1, 0.15) is 21.5 Å². The minimum Gasteiger partial charge on any atom is -0.354 e. The number of carbonyl (C=O) groups excluding carboxylic acids is 2. The van der Waals surface area contributed by atoms with Crippen molar-refractivity contribution in [2.24, 2.45) is 4.99 Å². The summed E-state index contributed by atoms with van der Waals surface area (Å²) in [5.74, 6) is -0.466. The molecule has 0 fully saturated rings. The number of benzene rings is 3. The summed E-state index contributed by atoms with van der Waals surface area (Å²) in [4.78, 5) is 33.5. The average molecular weight is 434 g/mol. The number of aromatic amines is 1. The summed E-state index contributed by atoms with van der Waals surface area (Å²) in [5.41, 5.74) is 5.48. The molecule has 1 aliphatic heterocycles. The zero-order valence-corrected chi connectivity index (χ0v) is 17.8. The molecule has 33 heavy (non-hydrogen) atoms. The van der Waals surface area contributed by atoms with E-state index in [9.17, 15) is 9.59 Å². The fraction of sp³-hybridized carbons (Fsp3) is 0.0741. The molecule has 0 aliphatic carbocycles. The summed E-state index contributed by atoms with van der Waals surface area (Å²) in [7, 11) is 0. The first kappa shape index (κ1) is 20.5. The minimum absolute atomic E-state index is 0.193. The standard InChI is InChI=1S/C27H22N4O2/c32-24(12-11-18-7-3-1-4-8-18)30-20-15-21-25-22(17-28-13-14-29-27(21)33)26(31-23(25)16-20)19-9-5-2-6-10-19/h1-12,15-17,31H,13-14H2,(H,29,33)(H,30,32)/b12-11+,28-17?. The fourth-order valence-electron chi connectivity index (χ4n) is 3.98. The van der Waals surface area contributed by atoms with Gasteiger partial charge in [0.25, 0.3) is 5.91 Å². The van der Waals surface area contributed by atoms with Crippen molar-refractivity contribution in [3.05, 3.63) is 95.6 Å². The maximum absolute atomic E-state index is 13.0. The number of nitrogens with one attached hydrogen (secondary N) is 3. The Bertz CT molecular complexity index is 1390. The highest BCUT2D eigenvalue weighted by molar-refractivity contribution is 6.17. The Kier molecular flexibility index (Phi) is 5.55. The molecule has 162 valence electrons. The number of anilines is 1. The molecule has 3 N–H and O–H groups in total. The lowest BCUT2D eigenvalue weighted by molar-refractivity contribution is -0.111. The van der Waals surface area contributed by atoms with Crippen LogP contribution in [0.25, 0.3) is 28.2 Å². The summed E-state index contributed by atoms with van der Waals surface area (Å²) in [6.45, 7) is 0.941. The van der Waals surface area contributed by atoms with Crippen LogP contribution in [0, 0.1) is 0 Å². The van der Waals surface area contributed by atoms with Crippen LogP contribution in [0.5, 0.6) is 0 Å². The van der Waals surface area contributed by atoms with Crippen LogP contribution >= 0.6 is 0 Å². The Labute approximate surface area is 191 Å². The van der Waals surface area contributed by atoms with Crippen LogP contribution in [-0.4, -0.2) is 36.1 Å². The second-order valence-electron chi connectivity index (χ2n) is 7.75. The number of amides is 2. The first-order chi connectivity index (χ1) is 16.2. The van der Waals surface area contributed by atoms with Crippen LogP contribution in [0.15, 0.2) is 83.9 Å². The highest BCUT2D eigenvalue weighted by Gasteiger charge is 2.21. The number of rotatable bonds is 4. The summed E-state index contributed by atoms with van der Waals surface area (Å²) in [5, 5.41) is 6.58. The fourth-order valence-corrected chi connectivity index (χ4v) is 3.98. The lowest BCUT2D eigenvalue weighted by Crippen LogP contribution is -2.26. The van der Waals surface area contributed by atoms with E-state index in [4.69, 9.17) is 0 Å². The molecular formula is C27H22N4O2. The van der Waals surface area contributed by atoms with E-state index >= 15 is 0 Å². The summed E-state index contributed by atoms with van der Waals surface area (Å²) in [6.07, 6.45) is 5.06. The van der Waals surface area contributed by atoms with E-state index in [0.717, 1.165) is 33.3 Å². The van der Waals surface area contributed by atoms with Crippen LogP contribution in [-0.2, 0) is 4.79 Å². The summed E-state index contributed by atoms with van der Waals surface area (Å²) < 4.78 is 0. The zero-order chi connectivity index (χ0) is 22.6. The lowest BCUT2D eigenvalue weighted by Gasteiger charge is -2.09. The molecule has 3 aromatic carbocycles. The normalized spacial score (nSPS) is 13.4. The average Bonchev–Trinajstić information content (AvgIpc) is 3.24. The topological polar surface area (TPSA) is 86.3 Å². The van der Waals surface area contributed by atoms with E-state index in [1.807, 2.05) is 72.9 Å². The molecule has 1 aromatic heterocycles. The van der Waals surface area contributed by atoms with Crippen LogP contribution in [0.2, 0.25) is 0 Å². The van der Waals surface area contributed by atoms with Crippen molar-refractivity contribution in [1.29, 1.82) is 0 Å². The Morgan fingerprint density at radius 2 is 1.76 bits per heavy atom. The maximum Gasteiger partial charge on any atom is 0.252 e. The molecule has 0 unspecified atom stereocenters. The minimum atomic E-state index is -0.273. The van der Waals surface area contributed by atoms with Crippen molar-refractivity contribution in [2.75, 3.05) is 18.4 Å². The molecular weight excluding hydrogens is 412 g/mol. The third-order valence-electron chi connectivity index (χ3n) is 5.48. The second kappa shape index (κ2) is 8.96. The molecule has 0 bridgehead atoms. The van der Waals surface area contributed by atoms with Gasteiger partial charge in [0, 0.05) is 41.0 Å². The monoisotopic (exact) mass is 434 g/mol. The third-order valence-corrected chi connectivity index (χ3v) is 5.48.